The Kier molecular flexibility index (Phi) is 8.43. The molecule has 3 fully saturated rings. The largest absolute Gasteiger partial charge is 0.489 e. The number of allylic oxidation sites excluding steroid dienone is 2. The highest BCUT2D eigenvalue weighted by Gasteiger charge is 2.34. The maximum atomic E-state index is 15.5. The third-order valence-electron chi connectivity index (χ3n) is 8.10. The predicted octanol–water partition coefficient (Wildman–Crippen LogP) is 3.49. The summed E-state index contributed by atoms with van der Waals surface area (Å²) in [5, 5.41) is 13.0. The summed E-state index contributed by atoms with van der Waals surface area (Å²) in [7, 11) is 1.62. The fourth-order valence-corrected chi connectivity index (χ4v) is 5.70. The Labute approximate surface area is 239 Å². The number of nitrogens with one attached hydrogen (secondary N) is 1. The molecule has 41 heavy (non-hydrogen) atoms. The molecule has 0 radical (unpaired) electrons. The summed E-state index contributed by atoms with van der Waals surface area (Å²) in [6.45, 7) is 6.18. The van der Waals surface area contributed by atoms with E-state index < -0.39 is 6.10 Å². The number of methoxy groups -OCH3 is 1. The quantitative estimate of drug-likeness (QED) is 0.514. The molecule has 3 saturated heterocycles. The van der Waals surface area contributed by atoms with Crippen LogP contribution < -0.4 is 10.1 Å². The van der Waals surface area contributed by atoms with Crippen molar-refractivity contribution in [2.24, 2.45) is 0 Å². The predicted molar refractivity (Wildman–Crippen MR) is 150 cm³/mol. The zero-order valence-electron chi connectivity index (χ0n) is 23.2. The molecule has 0 bridgehead atoms. The van der Waals surface area contributed by atoms with Gasteiger partial charge in [0.15, 0.2) is 5.82 Å². The van der Waals surface area contributed by atoms with Crippen molar-refractivity contribution in [1.29, 1.82) is 5.26 Å². The van der Waals surface area contributed by atoms with E-state index in [4.69, 9.17) is 18.9 Å². The number of hydrogen-bond acceptors (Lipinski definition) is 10. The molecule has 6 rings (SSSR count). The second-order valence-electron chi connectivity index (χ2n) is 10.7. The molecule has 1 N–H and O–H groups in total. The van der Waals surface area contributed by atoms with Crippen LogP contribution in [0.3, 0.4) is 0 Å². The van der Waals surface area contributed by atoms with Crippen LogP contribution in [0, 0.1) is 11.3 Å². The molecule has 4 heterocycles. The van der Waals surface area contributed by atoms with Crippen LogP contribution in [0.4, 0.5) is 10.2 Å². The summed E-state index contributed by atoms with van der Waals surface area (Å²) in [5.41, 5.74) is 2.40. The maximum Gasteiger partial charge on any atom is 0.161 e. The monoisotopic (exact) mass is 562 g/mol. The van der Waals surface area contributed by atoms with Crippen LogP contribution in [0.5, 0.6) is 5.75 Å². The first-order valence-electron chi connectivity index (χ1n) is 14.2. The minimum Gasteiger partial charge on any atom is -0.489 e. The van der Waals surface area contributed by atoms with E-state index in [1.54, 1.807) is 31.5 Å². The lowest BCUT2D eigenvalue weighted by Gasteiger charge is -2.45. The molecule has 1 unspecified atom stereocenters. The average molecular weight is 563 g/mol. The molecule has 3 aliphatic heterocycles. The van der Waals surface area contributed by atoms with Gasteiger partial charge in [-0.1, -0.05) is 0 Å². The zero-order chi connectivity index (χ0) is 28.2. The van der Waals surface area contributed by atoms with E-state index >= 15 is 4.39 Å². The number of anilines is 1. The summed E-state index contributed by atoms with van der Waals surface area (Å²) in [6.07, 6.45) is 4.91. The van der Waals surface area contributed by atoms with E-state index in [0.717, 1.165) is 52.2 Å². The van der Waals surface area contributed by atoms with Gasteiger partial charge in [-0.25, -0.2) is 14.4 Å². The van der Waals surface area contributed by atoms with Crippen molar-refractivity contribution in [1.82, 2.24) is 19.8 Å². The van der Waals surface area contributed by atoms with Crippen molar-refractivity contribution < 1.29 is 23.3 Å². The molecule has 11 heteroatoms. The minimum atomic E-state index is -0.399. The molecular weight excluding hydrogens is 527 g/mol. The van der Waals surface area contributed by atoms with E-state index in [-0.39, 0.29) is 11.9 Å². The van der Waals surface area contributed by atoms with Gasteiger partial charge in [0, 0.05) is 70.0 Å². The minimum absolute atomic E-state index is 0.0344. The van der Waals surface area contributed by atoms with Gasteiger partial charge in [-0.05, 0) is 30.3 Å². The number of rotatable bonds is 8. The molecule has 0 saturated carbocycles. The van der Waals surface area contributed by atoms with E-state index in [2.05, 4.69) is 31.2 Å². The van der Waals surface area contributed by atoms with Gasteiger partial charge >= 0.3 is 0 Å². The van der Waals surface area contributed by atoms with Crippen molar-refractivity contribution in [2.75, 3.05) is 65.0 Å². The first-order valence-corrected chi connectivity index (χ1v) is 14.2. The van der Waals surface area contributed by atoms with Gasteiger partial charge in [-0.3, -0.25) is 4.90 Å². The van der Waals surface area contributed by atoms with Gasteiger partial charge in [0.05, 0.1) is 43.7 Å². The zero-order valence-corrected chi connectivity index (χ0v) is 23.2. The van der Waals surface area contributed by atoms with Gasteiger partial charge in [-0.2, -0.15) is 5.26 Å². The summed E-state index contributed by atoms with van der Waals surface area (Å²) in [6, 6.07) is 9.83. The van der Waals surface area contributed by atoms with Crippen molar-refractivity contribution in [3.05, 3.63) is 59.3 Å². The maximum absolute atomic E-state index is 15.5. The average Bonchev–Trinajstić information content (AvgIpc) is 2.97. The Morgan fingerprint density at radius 2 is 1.90 bits per heavy atom. The van der Waals surface area contributed by atoms with Crippen LogP contribution in [-0.2, 0) is 14.2 Å². The summed E-state index contributed by atoms with van der Waals surface area (Å²) in [4.78, 5) is 13.6. The van der Waals surface area contributed by atoms with Gasteiger partial charge in [0.1, 0.15) is 35.7 Å². The van der Waals surface area contributed by atoms with E-state index in [1.807, 2.05) is 6.07 Å². The lowest BCUT2D eigenvalue weighted by molar-refractivity contribution is -0.0763. The number of ether oxygens (including phenoxy) is 4. The van der Waals surface area contributed by atoms with Crippen LogP contribution >= 0.6 is 0 Å². The lowest BCUT2D eigenvalue weighted by Crippen LogP contribution is -2.57. The Bertz CT molecular complexity index is 1340. The van der Waals surface area contributed by atoms with Crippen LogP contribution in [0.1, 0.15) is 24.8 Å². The highest BCUT2D eigenvalue weighted by molar-refractivity contribution is 5.63. The fourth-order valence-electron chi connectivity index (χ4n) is 5.70. The summed E-state index contributed by atoms with van der Waals surface area (Å²) in [5.74, 6) is 1.24. The highest BCUT2D eigenvalue weighted by Crippen LogP contribution is 2.32. The molecule has 10 nitrogen and oxygen atoms in total. The van der Waals surface area contributed by atoms with Crippen molar-refractivity contribution in [2.45, 2.75) is 37.5 Å². The Balaban J connectivity index is 1.15. The Hall–Kier alpha value is -3.56. The molecular formula is C30H35FN6O4. The second kappa shape index (κ2) is 12.5. The molecule has 4 aliphatic rings. The van der Waals surface area contributed by atoms with E-state index in [9.17, 15) is 5.26 Å². The van der Waals surface area contributed by atoms with Crippen molar-refractivity contribution in [3.8, 4) is 23.2 Å². The van der Waals surface area contributed by atoms with E-state index in [1.165, 1.54) is 6.08 Å². The molecule has 2 aromatic rings. The van der Waals surface area contributed by atoms with Crippen LogP contribution in [-0.4, -0.2) is 97.7 Å². The third-order valence-corrected chi connectivity index (χ3v) is 8.10. The smallest absolute Gasteiger partial charge is 0.161 e. The first kappa shape index (κ1) is 27.6. The van der Waals surface area contributed by atoms with Gasteiger partial charge < -0.3 is 29.2 Å². The summed E-state index contributed by atoms with van der Waals surface area (Å²) >= 11 is 0. The molecule has 0 amide bonds. The standard InChI is InChI=1S/C30H35FN6O4/c1-38-27-16-22(15-25(31)29(27)37-10-8-36(9-11-37)23-18-40-19-23)34-28-4-7-33-30(35-28)20-2-3-26(21(14-20)17-32)41-24-5-12-39-13-6-24/h2-4,7,14-15,23-24,27H,5-6,8-13,16,18-19H2,1H3,(H,33,34,35). The molecule has 1 aromatic carbocycles. The number of halogens is 1. The molecule has 1 aromatic heterocycles. The van der Waals surface area contributed by atoms with E-state index in [0.29, 0.717) is 65.6 Å². The first-order chi connectivity index (χ1) is 20.1. The molecule has 0 spiro atoms. The van der Waals surface area contributed by atoms with Gasteiger partial charge in [0.25, 0.3) is 0 Å². The summed E-state index contributed by atoms with van der Waals surface area (Å²) < 4.78 is 38.1. The van der Waals surface area contributed by atoms with Crippen LogP contribution in [0.2, 0.25) is 0 Å². The number of aromatic nitrogens is 2. The molecule has 216 valence electrons. The SMILES string of the molecule is COC1CC(Nc2ccnc(-c3ccc(OC4CCOCC4)c(C#N)c3)n2)=CC(F)=C1N1CCN(C2COC2)CC1. The lowest BCUT2D eigenvalue weighted by atomic mass is 10.0. The molecule has 1 aliphatic carbocycles. The molecule has 1 atom stereocenters. The van der Waals surface area contributed by atoms with Gasteiger partial charge in [-0.15, -0.1) is 0 Å². The van der Waals surface area contributed by atoms with Crippen LogP contribution in [0.25, 0.3) is 11.4 Å². The van der Waals surface area contributed by atoms with Gasteiger partial charge in [0.2, 0.25) is 0 Å². The van der Waals surface area contributed by atoms with Crippen LogP contribution in [0.15, 0.2) is 53.8 Å². The second-order valence-corrected chi connectivity index (χ2v) is 10.7. The number of piperazine rings is 1. The van der Waals surface area contributed by atoms with Crippen molar-refractivity contribution in [3.63, 3.8) is 0 Å². The topological polar surface area (TPSA) is 105 Å². The third kappa shape index (κ3) is 6.21. The number of nitriles is 1. The van der Waals surface area contributed by atoms with Crippen molar-refractivity contribution >= 4 is 5.82 Å². The Morgan fingerprint density at radius 3 is 2.61 bits per heavy atom. The number of hydrogen-bond donors (Lipinski definition) is 1. The Morgan fingerprint density at radius 1 is 1.10 bits per heavy atom. The fraction of sp³-hybridized carbons (Fsp3) is 0.500. The normalized spacial score (nSPS) is 22.6. The number of nitrogens with zero attached hydrogens (tertiary/aromatic N) is 5. The highest BCUT2D eigenvalue weighted by atomic mass is 19.1. The number of benzene rings is 1.